The van der Waals surface area contributed by atoms with E-state index in [9.17, 15) is 8.42 Å². The third-order valence-corrected chi connectivity index (χ3v) is 4.78. The molecule has 2 rings (SSSR count). The van der Waals surface area contributed by atoms with E-state index in [2.05, 4.69) is 14.8 Å². The fourth-order valence-electron chi connectivity index (χ4n) is 2.30. The van der Waals surface area contributed by atoms with Gasteiger partial charge < -0.3 is 0 Å². The molecule has 0 aromatic carbocycles. The van der Waals surface area contributed by atoms with Crippen molar-refractivity contribution in [2.24, 2.45) is 0 Å². The van der Waals surface area contributed by atoms with Crippen molar-refractivity contribution < 1.29 is 8.42 Å². The van der Waals surface area contributed by atoms with Crippen molar-refractivity contribution in [1.29, 1.82) is 5.26 Å². The van der Waals surface area contributed by atoms with Crippen molar-refractivity contribution in [1.82, 2.24) is 14.8 Å². The summed E-state index contributed by atoms with van der Waals surface area (Å²) in [6.45, 7) is 7.26. The molecule has 0 spiro atoms. The zero-order chi connectivity index (χ0) is 16.5. The summed E-state index contributed by atoms with van der Waals surface area (Å²) >= 11 is 0. The van der Waals surface area contributed by atoms with Gasteiger partial charge in [0.2, 0.25) is 0 Å². The quantitative estimate of drug-likeness (QED) is 0.930. The smallest absolute Gasteiger partial charge is 0.265 e. The number of nitrogens with zero attached hydrogens (tertiary/aromatic N) is 4. The molecule has 0 saturated carbocycles. The minimum Gasteiger partial charge on any atom is -0.279 e. The van der Waals surface area contributed by atoms with Crippen molar-refractivity contribution in [3.05, 3.63) is 35.4 Å². The molecule has 0 aliphatic heterocycles. The Morgan fingerprint density at radius 2 is 2.05 bits per heavy atom. The lowest BCUT2D eigenvalue weighted by Gasteiger charge is -2.10. The van der Waals surface area contributed by atoms with Gasteiger partial charge >= 0.3 is 0 Å². The van der Waals surface area contributed by atoms with Crippen molar-refractivity contribution in [3.63, 3.8) is 0 Å². The van der Waals surface area contributed by atoms with E-state index in [1.807, 2.05) is 19.9 Å². The van der Waals surface area contributed by atoms with E-state index < -0.39 is 10.0 Å². The lowest BCUT2D eigenvalue weighted by Crippen LogP contribution is -2.15. The van der Waals surface area contributed by atoms with Gasteiger partial charge in [0.25, 0.3) is 10.0 Å². The van der Waals surface area contributed by atoms with Gasteiger partial charge in [-0.15, -0.1) is 0 Å². The number of aromatic nitrogens is 3. The first-order valence-electron chi connectivity index (χ1n) is 6.71. The van der Waals surface area contributed by atoms with E-state index in [1.165, 1.54) is 18.3 Å². The van der Waals surface area contributed by atoms with Gasteiger partial charge in [-0.1, -0.05) is 0 Å². The lowest BCUT2D eigenvalue weighted by molar-refractivity contribution is 0.514. The zero-order valence-electron chi connectivity index (χ0n) is 12.8. The first-order chi connectivity index (χ1) is 10.3. The monoisotopic (exact) mass is 319 g/mol. The summed E-state index contributed by atoms with van der Waals surface area (Å²) in [5.74, 6) is 0. The second-order valence-electron chi connectivity index (χ2n) is 5.19. The third-order valence-electron chi connectivity index (χ3n) is 3.14. The minimum atomic E-state index is -3.78. The summed E-state index contributed by atoms with van der Waals surface area (Å²) in [4.78, 5) is 3.97. The Morgan fingerprint density at radius 3 is 2.59 bits per heavy atom. The number of hydrogen-bond donors (Lipinski definition) is 1. The summed E-state index contributed by atoms with van der Waals surface area (Å²) < 4.78 is 29.4. The highest BCUT2D eigenvalue weighted by atomic mass is 32.2. The third kappa shape index (κ3) is 2.94. The van der Waals surface area contributed by atoms with Crippen LogP contribution in [0, 0.1) is 25.2 Å². The maximum absolute atomic E-state index is 12.6. The van der Waals surface area contributed by atoms with E-state index in [-0.39, 0.29) is 16.6 Å². The number of nitriles is 1. The molecule has 0 unspecified atom stereocenters. The highest BCUT2D eigenvalue weighted by Crippen LogP contribution is 2.24. The first-order valence-corrected chi connectivity index (χ1v) is 8.19. The molecule has 2 aromatic heterocycles. The van der Waals surface area contributed by atoms with E-state index >= 15 is 0 Å². The van der Waals surface area contributed by atoms with Crippen LogP contribution in [0.1, 0.15) is 37.0 Å². The molecule has 2 aromatic rings. The standard InChI is InChI=1S/C14H17N5O2S/c1-9(2)19-11(4)14(10(3)17-19)22(20,21)18-12-5-6-16-13(7-12)8-15/h5-7,9H,1-4H3,(H,16,18). The van der Waals surface area contributed by atoms with Gasteiger partial charge in [-0.05, 0) is 39.8 Å². The van der Waals surface area contributed by atoms with Gasteiger partial charge in [0.15, 0.2) is 0 Å². The van der Waals surface area contributed by atoms with Crippen LogP contribution in [0.5, 0.6) is 0 Å². The van der Waals surface area contributed by atoms with Crippen LogP contribution in [0.25, 0.3) is 0 Å². The van der Waals surface area contributed by atoms with Crippen molar-refractivity contribution in [2.75, 3.05) is 4.72 Å². The number of hydrogen-bond acceptors (Lipinski definition) is 5. The number of pyridine rings is 1. The number of sulfonamides is 1. The predicted octanol–water partition coefficient (Wildman–Crippen LogP) is 2.15. The van der Waals surface area contributed by atoms with Gasteiger partial charge in [0, 0.05) is 12.2 Å². The van der Waals surface area contributed by atoms with E-state index in [0.717, 1.165) is 0 Å². The van der Waals surface area contributed by atoms with E-state index in [0.29, 0.717) is 17.1 Å². The normalized spacial score (nSPS) is 11.5. The first kappa shape index (κ1) is 16.0. The van der Waals surface area contributed by atoms with Crippen LogP contribution in [-0.4, -0.2) is 23.2 Å². The molecule has 0 saturated heterocycles. The molecule has 0 amide bonds. The van der Waals surface area contributed by atoms with Crippen LogP contribution >= 0.6 is 0 Å². The lowest BCUT2D eigenvalue weighted by atomic mass is 10.3. The molecule has 0 aliphatic carbocycles. The SMILES string of the molecule is Cc1nn(C(C)C)c(C)c1S(=O)(=O)Nc1ccnc(C#N)c1. The van der Waals surface area contributed by atoms with Gasteiger partial charge in [-0.3, -0.25) is 9.40 Å². The Bertz CT molecular complexity index is 847. The van der Waals surface area contributed by atoms with Gasteiger partial charge in [-0.25, -0.2) is 13.4 Å². The molecule has 0 radical (unpaired) electrons. The predicted molar refractivity (Wildman–Crippen MR) is 81.8 cm³/mol. The van der Waals surface area contributed by atoms with Gasteiger partial charge in [0.1, 0.15) is 16.7 Å². The Morgan fingerprint density at radius 1 is 1.36 bits per heavy atom. The summed E-state index contributed by atoms with van der Waals surface area (Å²) in [5, 5.41) is 13.1. The largest absolute Gasteiger partial charge is 0.279 e. The molecule has 116 valence electrons. The van der Waals surface area contributed by atoms with Crippen molar-refractivity contribution in [3.8, 4) is 6.07 Å². The minimum absolute atomic E-state index is 0.0637. The molecule has 7 nitrogen and oxygen atoms in total. The second kappa shape index (κ2) is 5.77. The second-order valence-corrected chi connectivity index (χ2v) is 6.80. The van der Waals surface area contributed by atoms with Crippen LogP contribution in [0.4, 0.5) is 5.69 Å². The Labute approximate surface area is 129 Å². The molecule has 8 heteroatoms. The molecular formula is C14H17N5O2S. The van der Waals surface area contributed by atoms with Gasteiger partial charge in [0.05, 0.1) is 17.1 Å². The fraction of sp³-hybridized carbons (Fsp3) is 0.357. The highest BCUT2D eigenvalue weighted by molar-refractivity contribution is 7.92. The van der Waals surface area contributed by atoms with E-state index in [1.54, 1.807) is 18.5 Å². The van der Waals surface area contributed by atoms with E-state index in [4.69, 9.17) is 5.26 Å². The summed E-state index contributed by atoms with van der Waals surface area (Å²) in [7, 11) is -3.78. The van der Waals surface area contributed by atoms with Crippen molar-refractivity contribution in [2.45, 2.75) is 38.6 Å². The number of aryl methyl sites for hydroxylation is 1. The molecule has 2 heterocycles. The Balaban J connectivity index is 2.45. The van der Waals surface area contributed by atoms with Crippen LogP contribution in [0.3, 0.4) is 0 Å². The molecule has 0 bridgehead atoms. The molecular weight excluding hydrogens is 302 g/mol. The highest BCUT2D eigenvalue weighted by Gasteiger charge is 2.25. The number of rotatable bonds is 4. The topological polar surface area (TPSA) is 101 Å². The summed E-state index contributed by atoms with van der Waals surface area (Å²) in [6.07, 6.45) is 1.38. The maximum atomic E-state index is 12.6. The summed E-state index contributed by atoms with van der Waals surface area (Å²) in [5.41, 5.74) is 1.46. The molecule has 22 heavy (non-hydrogen) atoms. The molecule has 1 N–H and O–H groups in total. The average molecular weight is 319 g/mol. The van der Waals surface area contributed by atoms with Crippen LogP contribution in [0.15, 0.2) is 23.2 Å². The molecule has 0 atom stereocenters. The molecule has 0 fully saturated rings. The Hall–Kier alpha value is -2.40. The summed E-state index contributed by atoms with van der Waals surface area (Å²) in [6, 6.07) is 4.82. The van der Waals surface area contributed by atoms with Crippen molar-refractivity contribution >= 4 is 15.7 Å². The van der Waals surface area contributed by atoms with Crippen LogP contribution < -0.4 is 4.72 Å². The number of nitrogens with one attached hydrogen (secondary N) is 1. The number of anilines is 1. The maximum Gasteiger partial charge on any atom is 0.265 e. The van der Waals surface area contributed by atoms with Crippen LogP contribution in [0.2, 0.25) is 0 Å². The zero-order valence-corrected chi connectivity index (χ0v) is 13.6. The van der Waals surface area contributed by atoms with Gasteiger partial charge in [-0.2, -0.15) is 10.4 Å². The molecule has 0 aliphatic rings. The average Bonchev–Trinajstić information content (AvgIpc) is 2.74. The Kier molecular flexibility index (Phi) is 4.19. The van der Waals surface area contributed by atoms with Crippen LogP contribution in [-0.2, 0) is 10.0 Å². The fourth-order valence-corrected chi connectivity index (χ4v) is 3.75.